The van der Waals surface area contributed by atoms with Gasteiger partial charge in [0.2, 0.25) is 11.8 Å². The van der Waals surface area contributed by atoms with Crippen LogP contribution in [-0.2, 0) is 9.59 Å². The van der Waals surface area contributed by atoms with Gasteiger partial charge in [0, 0.05) is 0 Å². The molecule has 1 saturated carbocycles. The van der Waals surface area contributed by atoms with Gasteiger partial charge in [0.15, 0.2) is 0 Å². The summed E-state index contributed by atoms with van der Waals surface area (Å²) in [5.41, 5.74) is 1.88. The monoisotopic (exact) mass is 373 g/mol. The second-order valence-corrected chi connectivity index (χ2v) is 7.76. The Kier molecular flexibility index (Phi) is 3.72. The van der Waals surface area contributed by atoms with Crippen LogP contribution in [0.3, 0.4) is 0 Å². The summed E-state index contributed by atoms with van der Waals surface area (Å²) in [6, 6.07) is 13.7. The fourth-order valence-electron chi connectivity index (χ4n) is 4.75. The molecule has 0 N–H and O–H groups in total. The Morgan fingerprint density at radius 1 is 0.964 bits per heavy atom. The Balaban J connectivity index is 1.35. The molecule has 2 aliphatic carbocycles. The third kappa shape index (κ3) is 2.50. The van der Waals surface area contributed by atoms with Gasteiger partial charge in [-0.25, -0.2) is 4.79 Å². The first kappa shape index (κ1) is 16.9. The zero-order valence-electron chi connectivity index (χ0n) is 15.4. The van der Waals surface area contributed by atoms with E-state index in [2.05, 4.69) is 12.2 Å². The third-order valence-electron chi connectivity index (χ3n) is 6.03. The highest BCUT2D eigenvalue weighted by Crippen LogP contribution is 2.53. The van der Waals surface area contributed by atoms with Crippen LogP contribution in [0.2, 0.25) is 0 Å². The molecule has 0 aromatic heterocycles. The number of amides is 2. The highest BCUT2D eigenvalue weighted by Gasteiger charge is 2.59. The van der Waals surface area contributed by atoms with E-state index >= 15 is 0 Å². The van der Waals surface area contributed by atoms with Crippen molar-refractivity contribution in [3.05, 3.63) is 71.8 Å². The number of fused-ring (bicyclic) bond motifs is 5. The number of rotatable bonds is 3. The van der Waals surface area contributed by atoms with E-state index < -0.39 is 5.97 Å². The molecule has 0 spiro atoms. The summed E-state index contributed by atoms with van der Waals surface area (Å²) in [6.07, 6.45) is 5.06. The van der Waals surface area contributed by atoms with Gasteiger partial charge < -0.3 is 4.74 Å². The standard InChI is InChI=1S/C23H19NO4/c1-13-3-2-4-18(11-13)28-23(27)14-7-9-17(10-8-14)24-21(25)19-15-5-6-16(12-15)20(19)22(24)26/h2-11,15-16,19-20H,12H2,1H3/t15-,16-,19+,20+/m0/s1. The van der Waals surface area contributed by atoms with Crippen molar-refractivity contribution in [3.63, 3.8) is 0 Å². The quantitative estimate of drug-likeness (QED) is 0.357. The van der Waals surface area contributed by atoms with E-state index in [4.69, 9.17) is 4.74 Å². The van der Waals surface area contributed by atoms with Crippen molar-refractivity contribution in [1.29, 1.82) is 0 Å². The lowest BCUT2D eigenvalue weighted by atomic mass is 9.85. The van der Waals surface area contributed by atoms with Crippen LogP contribution in [0.15, 0.2) is 60.7 Å². The molecule has 5 rings (SSSR count). The smallest absolute Gasteiger partial charge is 0.343 e. The zero-order valence-corrected chi connectivity index (χ0v) is 15.4. The average Bonchev–Trinajstić information content (AvgIpc) is 3.36. The molecule has 2 amide bonds. The minimum atomic E-state index is -0.477. The van der Waals surface area contributed by atoms with Gasteiger partial charge >= 0.3 is 5.97 Å². The number of ether oxygens (including phenoxy) is 1. The summed E-state index contributed by atoms with van der Waals surface area (Å²) >= 11 is 0. The first-order valence-corrected chi connectivity index (χ1v) is 9.48. The van der Waals surface area contributed by atoms with E-state index in [-0.39, 0.29) is 35.5 Å². The Bertz CT molecular complexity index is 993. The molecular weight excluding hydrogens is 354 g/mol. The highest BCUT2D eigenvalue weighted by atomic mass is 16.5. The topological polar surface area (TPSA) is 63.7 Å². The summed E-state index contributed by atoms with van der Waals surface area (Å²) in [5, 5.41) is 0. The third-order valence-corrected chi connectivity index (χ3v) is 6.03. The maximum Gasteiger partial charge on any atom is 0.343 e. The number of benzene rings is 2. The molecule has 4 atom stereocenters. The number of allylic oxidation sites excluding steroid dienone is 2. The van der Waals surface area contributed by atoms with Crippen LogP contribution in [0.1, 0.15) is 22.3 Å². The number of carbonyl (C=O) groups is 3. The van der Waals surface area contributed by atoms with Crippen LogP contribution < -0.4 is 9.64 Å². The van der Waals surface area contributed by atoms with Crippen LogP contribution in [0.25, 0.3) is 0 Å². The van der Waals surface area contributed by atoms with Crippen LogP contribution in [0.4, 0.5) is 5.69 Å². The summed E-state index contributed by atoms with van der Waals surface area (Å²) in [6.45, 7) is 1.92. The first-order chi connectivity index (χ1) is 13.5. The molecule has 3 aliphatic rings. The molecule has 1 saturated heterocycles. The van der Waals surface area contributed by atoms with Crippen molar-refractivity contribution in [2.45, 2.75) is 13.3 Å². The summed E-state index contributed by atoms with van der Waals surface area (Å²) < 4.78 is 5.39. The number of hydrogen-bond donors (Lipinski definition) is 0. The molecule has 0 radical (unpaired) electrons. The average molecular weight is 373 g/mol. The van der Waals surface area contributed by atoms with Gasteiger partial charge in [0.05, 0.1) is 23.1 Å². The molecule has 5 heteroatoms. The molecule has 2 aromatic rings. The fraction of sp³-hybridized carbons (Fsp3) is 0.261. The second kappa shape index (κ2) is 6.16. The predicted molar refractivity (Wildman–Crippen MR) is 103 cm³/mol. The maximum atomic E-state index is 12.9. The Hall–Kier alpha value is -3.21. The number of anilines is 1. The molecule has 5 nitrogen and oxygen atoms in total. The molecule has 2 aromatic carbocycles. The first-order valence-electron chi connectivity index (χ1n) is 9.48. The summed E-state index contributed by atoms with van der Waals surface area (Å²) in [7, 11) is 0. The van der Waals surface area contributed by atoms with Gasteiger partial charge in [-0.15, -0.1) is 0 Å². The lowest BCUT2D eigenvalue weighted by Crippen LogP contribution is -2.32. The number of esters is 1. The molecule has 2 fully saturated rings. The van der Waals surface area contributed by atoms with Crippen molar-refractivity contribution in [3.8, 4) is 5.75 Å². The highest BCUT2D eigenvalue weighted by molar-refractivity contribution is 6.22. The molecule has 1 aliphatic heterocycles. The molecule has 2 bridgehead atoms. The van der Waals surface area contributed by atoms with E-state index in [1.807, 2.05) is 19.1 Å². The van der Waals surface area contributed by atoms with Crippen molar-refractivity contribution in [2.24, 2.45) is 23.7 Å². The van der Waals surface area contributed by atoms with Gasteiger partial charge in [0.1, 0.15) is 5.75 Å². The number of nitrogens with zero attached hydrogens (tertiary/aromatic N) is 1. The zero-order chi connectivity index (χ0) is 19.4. The van der Waals surface area contributed by atoms with Crippen LogP contribution in [0, 0.1) is 30.6 Å². The van der Waals surface area contributed by atoms with E-state index in [0.717, 1.165) is 12.0 Å². The number of aryl methyl sites for hydroxylation is 1. The van der Waals surface area contributed by atoms with Gasteiger partial charge in [-0.3, -0.25) is 14.5 Å². The van der Waals surface area contributed by atoms with Crippen LogP contribution >= 0.6 is 0 Å². The molecule has 1 heterocycles. The van der Waals surface area contributed by atoms with Gasteiger partial charge in [-0.1, -0.05) is 24.3 Å². The van der Waals surface area contributed by atoms with Crippen LogP contribution in [0.5, 0.6) is 5.75 Å². The number of imide groups is 1. The SMILES string of the molecule is Cc1cccc(OC(=O)c2ccc(N3C(=O)[C@H]4[C@H](C3=O)[C@H]3C=C[C@H]4C3)cc2)c1. The fourth-order valence-corrected chi connectivity index (χ4v) is 4.75. The lowest BCUT2D eigenvalue weighted by Gasteiger charge is -2.17. The minimum absolute atomic E-state index is 0.123. The Morgan fingerprint density at radius 3 is 2.21 bits per heavy atom. The van der Waals surface area contributed by atoms with Crippen molar-refractivity contribution >= 4 is 23.5 Å². The maximum absolute atomic E-state index is 12.9. The predicted octanol–water partition coefficient (Wildman–Crippen LogP) is 3.53. The summed E-state index contributed by atoms with van der Waals surface area (Å²) in [5.74, 6) is -0.337. The lowest BCUT2D eigenvalue weighted by molar-refractivity contribution is -0.123. The van der Waals surface area contributed by atoms with Crippen molar-refractivity contribution < 1.29 is 19.1 Å². The van der Waals surface area contributed by atoms with Crippen LogP contribution in [-0.4, -0.2) is 17.8 Å². The van der Waals surface area contributed by atoms with Gasteiger partial charge in [0.25, 0.3) is 0 Å². The second-order valence-electron chi connectivity index (χ2n) is 7.76. The number of hydrogen-bond acceptors (Lipinski definition) is 4. The van der Waals surface area contributed by atoms with E-state index in [0.29, 0.717) is 17.0 Å². The van der Waals surface area contributed by atoms with Crippen molar-refractivity contribution in [2.75, 3.05) is 4.90 Å². The normalized spacial score (nSPS) is 27.4. The van der Waals surface area contributed by atoms with E-state index in [1.165, 1.54) is 4.90 Å². The molecule has 140 valence electrons. The van der Waals surface area contributed by atoms with Crippen molar-refractivity contribution in [1.82, 2.24) is 0 Å². The molecular formula is C23H19NO4. The van der Waals surface area contributed by atoms with Gasteiger partial charge in [-0.05, 0) is 67.1 Å². The Labute approximate surface area is 162 Å². The van der Waals surface area contributed by atoms with E-state index in [9.17, 15) is 14.4 Å². The van der Waals surface area contributed by atoms with E-state index in [1.54, 1.807) is 36.4 Å². The Morgan fingerprint density at radius 2 is 1.61 bits per heavy atom. The minimum Gasteiger partial charge on any atom is -0.423 e. The number of carbonyl (C=O) groups excluding carboxylic acids is 3. The summed E-state index contributed by atoms with van der Waals surface area (Å²) in [4.78, 5) is 39.4. The molecule has 28 heavy (non-hydrogen) atoms. The largest absolute Gasteiger partial charge is 0.423 e. The van der Waals surface area contributed by atoms with Gasteiger partial charge in [-0.2, -0.15) is 0 Å². The molecule has 0 unspecified atom stereocenters.